The summed E-state index contributed by atoms with van der Waals surface area (Å²) in [5.41, 5.74) is 9.75. The average Bonchev–Trinajstić information content (AvgIpc) is 3.83. The van der Waals surface area contributed by atoms with Gasteiger partial charge in [0.2, 0.25) is 5.89 Å². The SMILES string of the molecule is c1ccc(-c2nc3ccc4ccc5ccc(N(c6ccc(-c7ccc8ccccc8c7)cc6)c6ccc7c(c6)oc6ccccc67)cc5c4c3o2)cc1. The van der Waals surface area contributed by atoms with Crippen molar-refractivity contribution in [3.8, 4) is 22.6 Å². The first-order chi connectivity index (χ1) is 26.2. The topological polar surface area (TPSA) is 42.4 Å². The van der Waals surface area contributed by atoms with E-state index in [1.807, 2.05) is 42.5 Å². The van der Waals surface area contributed by atoms with Gasteiger partial charge in [-0.25, -0.2) is 4.98 Å². The van der Waals surface area contributed by atoms with Crippen molar-refractivity contribution in [2.75, 3.05) is 4.90 Å². The molecule has 2 heterocycles. The van der Waals surface area contributed by atoms with Crippen molar-refractivity contribution in [2.24, 2.45) is 0 Å². The molecule has 0 N–H and O–H groups in total. The van der Waals surface area contributed by atoms with Gasteiger partial charge in [0.15, 0.2) is 5.58 Å². The second kappa shape index (κ2) is 11.7. The minimum atomic E-state index is 0.619. The molecule has 0 radical (unpaired) electrons. The van der Waals surface area contributed by atoms with E-state index < -0.39 is 0 Å². The average molecular weight is 679 g/mol. The number of anilines is 3. The van der Waals surface area contributed by atoms with E-state index in [4.69, 9.17) is 13.8 Å². The zero-order valence-electron chi connectivity index (χ0n) is 28.5. The summed E-state index contributed by atoms with van der Waals surface area (Å²) >= 11 is 0. The number of para-hydroxylation sites is 1. The normalized spacial score (nSPS) is 11.8. The minimum absolute atomic E-state index is 0.619. The molecule has 2 aromatic heterocycles. The summed E-state index contributed by atoms with van der Waals surface area (Å²) in [6.07, 6.45) is 0. The van der Waals surface area contributed by atoms with Crippen LogP contribution in [0.2, 0.25) is 0 Å². The van der Waals surface area contributed by atoms with Gasteiger partial charge in [0.25, 0.3) is 0 Å². The zero-order chi connectivity index (χ0) is 34.9. The van der Waals surface area contributed by atoms with Crippen LogP contribution in [0.15, 0.2) is 191 Å². The van der Waals surface area contributed by atoms with Crippen LogP contribution in [0.4, 0.5) is 17.1 Å². The molecule has 248 valence electrons. The Labute approximate surface area is 304 Å². The Bertz CT molecular complexity index is 3180. The molecular weight excluding hydrogens is 649 g/mol. The fraction of sp³-hybridized carbons (Fsp3) is 0. The molecule has 9 aromatic carbocycles. The number of hydrogen-bond donors (Lipinski definition) is 0. The van der Waals surface area contributed by atoms with Crippen LogP contribution in [0.1, 0.15) is 0 Å². The third kappa shape index (κ3) is 4.88. The lowest BCUT2D eigenvalue weighted by atomic mass is 9.99. The number of benzene rings is 9. The summed E-state index contributed by atoms with van der Waals surface area (Å²) in [6, 6.07) is 64.1. The standard InChI is InChI=1S/C49H30N2O2/c1-2-9-35(10-3-1)49-50-44-27-21-34-16-15-33-20-24-39(29-43(33)47(34)48(44)53-49)51(40-25-26-42-41-12-6-7-13-45(41)52-46(42)30-40)38-22-18-32(19-23-38)37-17-14-31-8-4-5-11-36(31)28-37/h1-30H. The van der Waals surface area contributed by atoms with Crippen molar-refractivity contribution in [3.63, 3.8) is 0 Å². The Morgan fingerprint density at radius 1 is 0.377 bits per heavy atom. The number of rotatable bonds is 5. The van der Waals surface area contributed by atoms with Crippen molar-refractivity contribution in [3.05, 3.63) is 182 Å². The molecule has 4 heteroatoms. The van der Waals surface area contributed by atoms with Crippen LogP contribution in [-0.4, -0.2) is 4.98 Å². The predicted molar refractivity (Wildman–Crippen MR) is 219 cm³/mol. The van der Waals surface area contributed by atoms with Gasteiger partial charge in [0, 0.05) is 44.9 Å². The number of hydrogen-bond acceptors (Lipinski definition) is 4. The summed E-state index contributed by atoms with van der Waals surface area (Å²) in [4.78, 5) is 7.21. The lowest BCUT2D eigenvalue weighted by Crippen LogP contribution is -2.09. The van der Waals surface area contributed by atoms with Gasteiger partial charge >= 0.3 is 0 Å². The van der Waals surface area contributed by atoms with Crippen molar-refractivity contribution < 1.29 is 8.83 Å². The van der Waals surface area contributed by atoms with Gasteiger partial charge in [-0.05, 0) is 105 Å². The number of fused-ring (bicyclic) bond motifs is 9. The van der Waals surface area contributed by atoms with Gasteiger partial charge in [0.05, 0.1) is 0 Å². The van der Waals surface area contributed by atoms with Gasteiger partial charge in [0.1, 0.15) is 16.7 Å². The first-order valence-electron chi connectivity index (χ1n) is 17.9. The maximum Gasteiger partial charge on any atom is 0.227 e. The Hall–Kier alpha value is -7.17. The first-order valence-corrected chi connectivity index (χ1v) is 17.9. The van der Waals surface area contributed by atoms with Gasteiger partial charge in [-0.15, -0.1) is 0 Å². The molecule has 0 amide bonds. The Morgan fingerprint density at radius 2 is 1.04 bits per heavy atom. The lowest BCUT2D eigenvalue weighted by Gasteiger charge is -2.26. The van der Waals surface area contributed by atoms with Crippen LogP contribution < -0.4 is 4.90 Å². The summed E-state index contributed by atoms with van der Waals surface area (Å²) in [5.74, 6) is 0.619. The van der Waals surface area contributed by atoms with Crippen molar-refractivity contribution in [1.29, 1.82) is 0 Å². The van der Waals surface area contributed by atoms with E-state index in [2.05, 4.69) is 144 Å². The van der Waals surface area contributed by atoms with Crippen LogP contribution in [-0.2, 0) is 0 Å². The van der Waals surface area contributed by atoms with Crippen LogP contribution in [0.5, 0.6) is 0 Å². The van der Waals surface area contributed by atoms with E-state index in [1.165, 1.54) is 21.9 Å². The largest absolute Gasteiger partial charge is 0.456 e. The number of nitrogens with zero attached hydrogens (tertiary/aromatic N) is 2. The highest BCUT2D eigenvalue weighted by atomic mass is 16.3. The molecule has 0 atom stereocenters. The lowest BCUT2D eigenvalue weighted by molar-refractivity contribution is 0.623. The summed E-state index contributed by atoms with van der Waals surface area (Å²) in [6.45, 7) is 0. The molecule has 0 fully saturated rings. The molecule has 0 aliphatic heterocycles. The quantitative estimate of drug-likeness (QED) is 0.170. The third-order valence-electron chi connectivity index (χ3n) is 10.4. The van der Waals surface area contributed by atoms with Crippen LogP contribution >= 0.6 is 0 Å². The van der Waals surface area contributed by atoms with E-state index in [-0.39, 0.29) is 0 Å². The fourth-order valence-corrected chi connectivity index (χ4v) is 7.83. The third-order valence-corrected chi connectivity index (χ3v) is 10.4. The van der Waals surface area contributed by atoms with E-state index in [1.54, 1.807) is 0 Å². The van der Waals surface area contributed by atoms with Gasteiger partial charge in [-0.1, -0.05) is 109 Å². The molecular formula is C49H30N2O2. The second-order valence-electron chi connectivity index (χ2n) is 13.6. The zero-order valence-corrected chi connectivity index (χ0v) is 28.5. The van der Waals surface area contributed by atoms with Gasteiger partial charge < -0.3 is 13.7 Å². The number of aromatic nitrogens is 1. The minimum Gasteiger partial charge on any atom is -0.456 e. The van der Waals surface area contributed by atoms with Gasteiger partial charge in [-0.2, -0.15) is 0 Å². The second-order valence-corrected chi connectivity index (χ2v) is 13.6. The molecule has 0 spiro atoms. The Morgan fingerprint density at radius 3 is 1.94 bits per heavy atom. The van der Waals surface area contributed by atoms with Crippen LogP contribution in [0.3, 0.4) is 0 Å². The first kappa shape index (κ1) is 29.5. The highest BCUT2D eigenvalue weighted by molar-refractivity contribution is 6.19. The van der Waals surface area contributed by atoms with E-state index in [0.29, 0.717) is 5.89 Å². The molecule has 0 unspecified atom stereocenters. The highest BCUT2D eigenvalue weighted by Crippen LogP contribution is 2.42. The molecule has 11 aromatic rings. The Balaban J connectivity index is 1.10. The van der Waals surface area contributed by atoms with Crippen molar-refractivity contribution >= 4 is 82.4 Å². The summed E-state index contributed by atoms with van der Waals surface area (Å²) in [7, 11) is 0. The summed E-state index contributed by atoms with van der Waals surface area (Å²) in [5, 5.41) is 9.07. The van der Waals surface area contributed by atoms with Gasteiger partial charge in [-0.3, -0.25) is 0 Å². The molecule has 0 saturated carbocycles. The predicted octanol–water partition coefficient (Wildman–Crippen LogP) is 14.0. The maximum atomic E-state index is 6.57. The number of oxazole rings is 1. The van der Waals surface area contributed by atoms with E-state index in [9.17, 15) is 0 Å². The Kier molecular flexibility index (Phi) is 6.52. The van der Waals surface area contributed by atoms with E-state index >= 15 is 0 Å². The molecule has 0 aliphatic rings. The van der Waals surface area contributed by atoms with Crippen molar-refractivity contribution in [1.82, 2.24) is 4.98 Å². The molecule has 53 heavy (non-hydrogen) atoms. The van der Waals surface area contributed by atoms with Crippen LogP contribution in [0, 0.1) is 0 Å². The monoisotopic (exact) mass is 678 g/mol. The highest BCUT2D eigenvalue weighted by Gasteiger charge is 2.19. The molecule has 4 nitrogen and oxygen atoms in total. The molecule has 0 bridgehead atoms. The molecule has 11 rings (SSSR count). The molecule has 0 saturated heterocycles. The smallest absolute Gasteiger partial charge is 0.227 e. The maximum absolute atomic E-state index is 6.57. The van der Waals surface area contributed by atoms with Crippen LogP contribution in [0.25, 0.3) is 87.9 Å². The number of furan rings is 1. The molecule has 0 aliphatic carbocycles. The van der Waals surface area contributed by atoms with E-state index in [0.717, 1.165) is 77.2 Å². The van der Waals surface area contributed by atoms with Crippen molar-refractivity contribution in [2.45, 2.75) is 0 Å². The summed E-state index contributed by atoms with van der Waals surface area (Å²) < 4.78 is 13.0. The fourth-order valence-electron chi connectivity index (χ4n) is 7.83.